The number of halogens is 1. The second-order valence-corrected chi connectivity index (χ2v) is 6.45. The Morgan fingerprint density at radius 3 is 2.96 bits per heavy atom. The van der Waals surface area contributed by atoms with Gasteiger partial charge in [0.25, 0.3) is 0 Å². The predicted molar refractivity (Wildman–Crippen MR) is 90.6 cm³/mol. The standard InChI is InChI=1S/C17H22FN5O2/c1-13-4-7-21-23(13)8-5-16(24)20-11-17(25)6-9-22(12-17)15-3-2-14(18)10-19-15/h2-4,7,10,25H,5-6,8-9,11-12H2,1H3,(H,20,24)/t17-/m1/s1. The molecule has 0 unspecified atom stereocenters. The first-order valence-corrected chi connectivity index (χ1v) is 8.29. The number of hydrogen-bond donors (Lipinski definition) is 2. The van der Waals surface area contributed by atoms with Gasteiger partial charge in [-0.25, -0.2) is 9.37 Å². The molecular weight excluding hydrogens is 325 g/mol. The zero-order chi connectivity index (χ0) is 17.9. The molecule has 1 fully saturated rings. The lowest BCUT2D eigenvalue weighted by molar-refractivity contribution is -0.122. The van der Waals surface area contributed by atoms with Crippen LogP contribution in [0.2, 0.25) is 0 Å². The van der Waals surface area contributed by atoms with E-state index in [4.69, 9.17) is 0 Å². The largest absolute Gasteiger partial charge is 0.386 e. The number of nitrogens with one attached hydrogen (secondary N) is 1. The lowest BCUT2D eigenvalue weighted by Crippen LogP contribution is -2.45. The lowest BCUT2D eigenvalue weighted by atomic mass is 10.0. The van der Waals surface area contributed by atoms with Gasteiger partial charge in [-0.1, -0.05) is 0 Å². The van der Waals surface area contributed by atoms with Gasteiger partial charge >= 0.3 is 0 Å². The molecule has 1 aliphatic heterocycles. The van der Waals surface area contributed by atoms with E-state index in [0.29, 0.717) is 38.3 Å². The van der Waals surface area contributed by atoms with Crippen molar-refractivity contribution in [2.45, 2.75) is 31.9 Å². The average molecular weight is 347 g/mol. The highest BCUT2D eigenvalue weighted by atomic mass is 19.1. The smallest absolute Gasteiger partial charge is 0.221 e. The molecular formula is C17H22FN5O2. The summed E-state index contributed by atoms with van der Waals surface area (Å²) in [6.07, 6.45) is 3.69. The van der Waals surface area contributed by atoms with Crippen LogP contribution in [0.15, 0.2) is 30.6 Å². The molecule has 8 heteroatoms. The number of β-amino-alcohol motifs (C(OH)–C–C–N with tert-alkyl or cyclic N) is 1. The number of pyridine rings is 1. The molecule has 2 aromatic rings. The summed E-state index contributed by atoms with van der Waals surface area (Å²) in [5.41, 5.74) is -0.00229. The van der Waals surface area contributed by atoms with Crippen molar-refractivity contribution < 1.29 is 14.3 Å². The van der Waals surface area contributed by atoms with Crippen molar-refractivity contribution in [1.82, 2.24) is 20.1 Å². The van der Waals surface area contributed by atoms with E-state index in [-0.39, 0.29) is 12.5 Å². The Balaban J connectivity index is 1.47. The minimum Gasteiger partial charge on any atom is -0.386 e. The maximum absolute atomic E-state index is 13.0. The number of aliphatic hydroxyl groups is 1. The van der Waals surface area contributed by atoms with E-state index in [1.54, 1.807) is 16.9 Å². The van der Waals surface area contributed by atoms with Crippen LogP contribution in [0.3, 0.4) is 0 Å². The van der Waals surface area contributed by atoms with Gasteiger partial charge in [0.05, 0.1) is 6.20 Å². The van der Waals surface area contributed by atoms with Crippen LogP contribution in [-0.4, -0.2) is 51.0 Å². The summed E-state index contributed by atoms with van der Waals surface area (Å²) >= 11 is 0. The van der Waals surface area contributed by atoms with E-state index in [0.717, 1.165) is 11.9 Å². The summed E-state index contributed by atoms with van der Waals surface area (Å²) in [4.78, 5) is 17.9. The Morgan fingerprint density at radius 2 is 2.28 bits per heavy atom. The maximum atomic E-state index is 13.0. The Labute approximate surface area is 145 Å². The quantitative estimate of drug-likeness (QED) is 0.810. The van der Waals surface area contributed by atoms with E-state index in [1.165, 1.54) is 6.07 Å². The molecule has 134 valence electrons. The summed E-state index contributed by atoms with van der Waals surface area (Å²) in [5.74, 6) is 0.109. The normalized spacial score (nSPS) is 20.0. The van der Waals surface area contributed by atoms with Gasteiger partial charge < -0.3 is 15.3 Å². The monoisotopic (exact) mass is 347 g/mol. The van der Waals surface area contributed by atoms with E-state index < -0.39 is 11.4 Å². The molecule has 2 aromatic heterocycles. The maximum Gasteiger partial charge on any atom is 0.221 e. The first-order chi connectivity index (χ1) is 12.0. The second kappa shape index (κ2) is 7.18. The molecule has 0 aliphatic carbocycles. The minimum atomic E-state index is -1.01. The molecule has 0 bridgehead atoms. The Morgan fingerprint density at radius 1 is 1.44 bits per heavy atom. The first kappa shape index (κ1) is 17.3. The number of rotatable bonds is 6. The summed E-state index contributed by atoms with van der Waals surface area (Å²) in [7, 11) is 0. The van der Waals surface area contributed by atoms with Crippen molar-refractivity contribution in [1.29, 1.82) is 0 Å². The van der Waals surface area contributed by atoms with Crippen molar-refractivity contribution in [2.24, 2.45) is 0 Å². The highest BCUT2D eigenvalue weighted by Gasteiger charge is 2.36. The number of aromatic nitrogens is 3. The van der Waals surface area contributed by atoms with Crippen LogP contribution in [0.4, 0.5) is 10.2 Å². The molecule has 7 nitrogen and oxygen atoms in total. The van der Waals surface area contributed by atoms with Crippen LogP contribution in [-0.2, 0) is 11.3 Å². The Bertz CT molecular complexity index is 733. The molecule has 3 heterocycles. The van der Waals surface area contributed by atoms with Crippen molar-refractivity contribution in [3.63, 3.8) is 0 Å². The fourth-order valence-corrected chi connectivity index (χ4v) is 2.94. The highest BCUT2D eigenvalue weighted by molar-refractivity contribution is 5.75. The lowest BCUT2D eigenvalue weighted by Gasteiger charge is -2.24. The first-order valence-electron chi connectivity index (χ1n) is 8.29. The summed E-state index contributed by atoms with van der Waals surface area (Å²) < 4.78 is 14.7. The molecule has 3 rings (SSSR count). The third-order valence-electron chi connectivity index (χ3n) is 4.46. The Hall–Kier alpha value is -2.48. The zero-order valence-electron chi connectivity index (χ0n) is 14.2. The summed E-state index contributed by atoms with van der Waals surface area (Å²) in [6, 6.07) is 4.82. The number of aryl methyl sites for hydroxylation is 2. The van der Waals surface area contributed by atoms with E-state index in [2.05, 4.69) is 15.4 Å². The molecule has 0 radical (unpaired) electrons. The molecule has 1 amide bonds. The topological polar surface area (TPSA) is 83.3 Å². The van der Waals surface area contributed by atoms with Gasteiger partial charge in [0.15, 0.2) is 0 Å². The van der Waals surface area contributed by atoms with Gasteiger partial charge in [-0.2, -0.15) is 5.10 Å². The van der Waals surface area contributed by atoms with Crippen LogP contribution < -0.4 is 10.2 Å². The van der Waals surface area contributed by atoms with E-state index >= 15 is 0 Å². The predicted octanol–water partition coefficient (Wildman–Crippen LogP) is 0.873. The fraction of sp³-hybridized carbons (Fsp3) is 0.471. The molecule has 1 aliphatic rings. The molecule has 2 N–H and O–H groups in total. The van der Waals surface area contributed by atoms with Crippen LogP contribution in [0.25, 0.3) is 0 Å². The number of hydrogen-bond acceptors (Lipinski definition) is 5. The fourth-order valence-electron chi connectivity index (χ4n) is 2.94. The molecule has 0 saturated carbocycles. The van der Waals surface area contributed by atoms with Crippen LogP contribution in [0.5, 0.6) is 0 Å². The van der Waals surface area contributed by atoms with E-state index in [1.807, 2.05) is 17.9 Å². The van der Waals surface area contributed by atoms with Crippen molar-refractivity contribution >= 4 is 11.7 Å². The number of carbonyl (C=O) groups is 1. The average Bonchev–Trinajstić information content (AvgIpc) is 3.18. The summed E-state index contributed by atoms with van der Waals surface area (Å²) in [6.45, 7) is 3.59. The minimum absolute atomic E-state index is 0.123. The van der Waals surface area contributed by atoms with Gasteiger partial charge in [-0.15, -0.1) is 0 Å². The molecule has 0 spiro atoms. The number of amides is 1. The molecule has 1 atom stereocenters. The molecule has 1 saturated heterocycles. The van der Waals surface area contributed by atoms with Crippen molar-refractivity contribution in [3.8, 4) is 0 Å². The second-order valence-electron chi connectivity index (χ2n) is 6.45. The third-order valence-corrected chi connectivity index (χ3v) is 4.46. The van der Waals surface area contributed by atoms with Gasteiger partial charge in [-0.3, -0.25) is 9.48 Å². The van der Waals surface area contributed by atoms with E-state index in [9.17, 15) is 14.3 Å². The SMILES string of the molecule is Cc1ccnn1CCC(=O)NC[C@]1(O)CCN(c2ccc(F)cn2)C1. The van der Waals surface area contributed by atoms with Crippen molar-refractivity contribution in [2.75, 3.05) is 24.5 Å². The number of carbonyl (C=O) groups excluding carboxylic acids is 1. The van der Waals surface area contributed by atoms with Gasteiger partial charge in [0.2, 0.25) is 5.91 Å². The Kier molecular flexibility index (Phi) is 4.98. The molecule has 25 heavy (non-hydrogen) atoms. The van der Waals surface area contributed by atoms with Crippen LogP contribution in [0, 0.1) is 12.7 Å². The highest BCUT2D eigenvalue weighted by Crippen LogP contribution is 2.25. The van der Waals surface area contributed by atoms with Gasteiger partial charge in [-0.05, 0) is 31.5 Å². The van der Waals surface area contributed by atoms with Gasteiger partial charge in [0.1, 0.15) is 17.2 Å². The zero-order valence-corrected chi connectivity index (χ0v) is 14.2. The van der Waals surface area contributed by atoms with Crippen molar-refractivity contribution in [3.05, 3.63) is 42.1 Å². The van der Waals surface area contributed by atoms with Crippen LogP contribution in [0.1, 0.15) is 18.5 Å². The third kappa shape index (κ3) is 4.33. The van der Waals surface area contributed by atoms with Gasteiger partial charge in [0, 0.05) is 44.5 Å². The van der Waals surface area contributed by atoms with Crippen LogP contribution >= 0.6 is 0 Å². The summed E-state index contributed by atoms with van der Waals surface area (Å²) in [5, 5.41) is 17.6. The number of nitrogens with zero attached hydrogens (tertiary/aromatic N) is 4. The number of anilines is 1. The molecule has 0 aromatic carbocycles.